The van der Waals surface area contributed by atoms with Crippen molar-refractivity contribution in [1.29, 1.82) is 0 Å². The van der Waals surface area contributed by atoms with E-state index in [9.17, 15) is 4.79 Å². The van der Waals surface area contributed by atoms with Crippen LogP contribution in [-0.2, 0) is 9.53 Å². The van der Waals surface area contributed by atoms with E-state index in [0.29, 0.717) is 15.7 Å². The second-order valence-electron chi connectivity index (χ2n) is 5.03. The zero-order valence-corrected chi connectivity index (χ0v) is 12.4. The van der Waals surface area contributed by atoms with Crippen molar-refractivity contribution in [2.45, 2.75) is 33.3 Å². The van der Waals surface area contributed by atoms with Gasteiger partial charge in [-0.15, -0.1) is 0 Å². The molecule has 0 bridgehead atoms. The van der Waals surface area contributed by atoms with Crippen LogP contribution < -0.4 is 5.32 Å². The van der Waals surface area contributed by atoms with Crippen molar-refractivity contribution in [3.8, 4) is 0 Å². The number of carbonyl (C=O) groups excluding carboxylic acids is 1. The Bertz CT molecular complexity index is 453. The molecule has 0 aliphatic heterocycles. The van der Waals surface area contributed by atoms with Gasteiger partial charge in [0.2, 0.25) is 5.91 Å². The molecule has 0 fully saturated rings. The fourth-order valence-electron chi connectivity index (χ4n) is 1.21. The van der Waals surface area contributed by atoms with Gasteiger partial charge < -0.3 is 10.1 Å². The Morgan fingerprint density at radius 2 is 1.89 bits per heavy atom. The highest BCUT2D eigenvalue weighted by molar-refractivity contribution is 6.36. The van der Waals surface area contributed by atoms with Crippen LogP contribution in [0.5, 0.6) is 0 Å². The van der Waals surface area contributed by atoms with Crippen molar-refractivity contribution in [1.82, 2.24) is 0 Å². The topological polar surface area (TPSA) is 38.3 Å². The van der Waals surface area contributed by atoms with Gasteiger partial charge >= 0.3 is 0 Å². The average molecular weight is 290 g/mol. The maximum atomic E-state index is 11.7. The molecule has 0 saturated heterocycles. The van der Waals surface area contributed by atoms with E-state index in [2.05, 4.69) is 5.32 Å². The second-order valence-corrected chi connectivity index (χ2v) is 5.84. The summed E-state index contributed by atoms with van der Waals surface area (Å²) < 4.78 is 5.37. The third-order valence-corrected chi connectivity index (χ3v) is 2.88. The molecule has 1 amide bonds. The summed E-state index contributed by atoms with van der Waals surface area (Å²) in [6.45, 7) is 7.48. The number of nitrogens with one attached hydrogen (secondary N) is 1. The molecule has 0 unspecified atom stereocenters. The molecule has 5 heteroatoms. The van der Waals surface area contributed by atoms with Gasteiger partial charge in [0.15, 0.2) is 0 Å². The molecule has 0 atom stereocenters. The van der Waals surface area contributed by atoms with E-state index in [4.69, 9.17) is 27.9 Å². The standard InChI is InChI=1S/C13H17Cl2NO2/c1-8-5-10(15)11(6-9(8)14)16-12(17)7-18-13(2,3)4/h5-6H,7H2,1-4H3,(H,16,17). The van der Waals surface area contributed by atoms with Crippen molar-refractivity contribution in [3.63, 3.8) is 0 Å². The summed E-state index contributed by atoms with van der Waals surface area (Å²) in [7, 11) is 0. The van der Waals surface area contributed by atoms with Gasteiger partial charge in [0.25, 0.3) is 0 Å². The number of rotatable bonds is 3. The average Bonchev–Trinajstić information content (AvgIpc) is 2.22. The molecule has 18 heavy (non-hydrogen) atoms. The van der Waals surface area contributed by atoms with Crippen LogP contribution >= 0.6 is 23.2 Å². The van der Waals surface area contributed by atoms with Crippen LogP contribution in [0.3, 0.4) is 0 Å². The highest BCUT2D eigenvalue weighted by Gasteiger charge is 2.14. The minimum absolute atomic E-state index is 0.0225. The Kier molecular flexibility index (Phi) is 5.02. The molecular formula is C13H17Cl2NO2. The van der Waals surface area contributed by atoms with Crippen LogP contribution in [0.25, 0.3) is 0 Å². The molecule has 0 heterocycles. The van der Waals surface area contributed by atoms with E-state index in [-0.39, 0.29) is 18.1 Å². The number of hydrogen-bond acceptors (Lipinski definition) is 2. The largest absolute Gasteiger partial charge is 0.366 e. The molecule has 100 valence electrons. The first-order valence-electron chi connectivity index (χ1n) is 5.58. The predicted molar refractivity (Wildman–Crippen MR) is 75.5 cm³/mol. The van der Waals surface area contributed by atoms with Crippen LogP contribution in [0, 0.1) is 6.92 Å². The molecule has 0 aromatic heterocycles. The van der Waals surface area contributed by atoms with Crippen molar-refractivity contribution < 1.29 is 9.53 Å². The van der Waals surface area contributed by atoms with Gasteiger partial charge in [-0.25, -0.2) is 0 Å². The molecule has 0 aliphatic rings. The van der Waals surface area contributed by atoms with Crippen molar-refractivity contribution in [2.75, 3.05) is 11.9 Å². The molecule has 1 N–H and O–H groups in total. The van der Waals surface area contributed by atoms with Crippen LogP contribution in [0.4, 0.5) is 5.69 Å². The van der Waals surface area contributed by atoms with E-state index in [1.54, 1.807) is 12.1 Å². The fraction of sp³-hybridized carbons (Fsp3) is 0.462. The summed E-state index contributed by atoms with van der Waals surface area (Å²) in [5.41, 5.74) is 1.01. The second kappa shape index (κ2) is 5.91. The number of aryl methyl sites for hydroxylation is 1. The third kappa shape index (κ3) is 4.84. The molecule has 0 radical (unpaired) electrons. The Morgan fingerprint density at radius 3 is 2.44 bits per heavy atom. The van der Waals surface area contributed by atoms with Gasteiger partial charge in [0, 0.05) is 5.02 Å². The lowest BCUT2D eigenvalue weighted by atomic mass is 10.2. The van der Waals surface area contributed by atoms with Crippen LogP contribution in [0.1, 0.15) is 26.3 Å². The first-order chi connectivity index (χ1) is 8.19. The minimum Gasteiger partial charge on any atom is -0.366 e. The summed E-state index contributed by atoms with van der Waals surface area (Å²) in [5.74, 6) is -0.258. The molecule has 3 nitrogen and oxygen atoms in total. The van der Waals surface area contributed by atoms with Gasteiger partial charge in [0.05, 0.1) is 16.3 Å². The summed E-state index contributed by atoms with van der Waals surface area (Å²) in [4.78, 5) is 11.7. The highest BCUT2D eigenvalue weighted by Crippen LogP contribution is 2.28. The Morgan fingerprint density at radius 1 is 1.28 bits per heavy atom. The Hall–Kier alpha value is -0.770. The fourth-order valence-corrected chi connectivity index (χ4v) is 1.64. The maximum Gasteiger partial charge on any atom is 0.250 e. The smallest absolute Gasteiger partial charge is 0.250 e. The monoisotopic (exact) mass is 289 g/mol. The maximum absolute atomic E-state index is 11.7. The van der Waals surface area contributed by atoms with Crippen molar-refractivity contribution in [3.05, 3.63) is 27.7 Å². The molecule has 0 spiro atoms. The van der Waals surface area contributed by atoms with Crippen LogP contribution in [-0.4, -0.2) is 18.1 Å². The number of halogens is 2. The molecule has 1 rings (SSSR count). The first-order valence-corrected chi connectivity index (χ1v) is 6.34. The first kappa shape index (κ1) is 15.3. The summed E-state index contributed by atoms with van der Waals surface area (Å²) >= 11 is 12.0. The minimum atomic E-state index is -0.355. The van der Waals surface area contributed by atoms with Crippen molar-refractivity contribution >= 4 is 34.8 Å². The summed E-state index contributed by atoms with van der Waals surface area (Å²) in [5, 5.41) is 3.69. The lowest BCUT2D eigenvalue weighted by Crippen LogP contribution is -2.27. The third-order valence-electron chi connectivity index (χ3n) is 2.16. The van der Waals surface area contributed by atoms with Gasteiger partial charge in [-0.05, 0) is 45.4 Å². The predicted octanol–water partition coefficient (Wildman–Crippen LogP) is 4.06. The number of amides is 1. The SMILES string of the molecule is Cc1cc(Cl)c(NC(=O)COC(C)(C)C)cc1Cl. The zero-order valence-electron chi connectivity index (χ0n) is 10.9. The molecule has 1 aromatic carbocycles. The highest BCUT2D eigenvalue weighted by atomic mass is 35.5. The Labute approximate surface area is 117 Å². The van der Waals surface area contributed by atoms with E-state index in [1.807, 2.05) is 27.7 Å². The number of hydrogen-bond donors (Lipinski definition) is 1. The van der Waals surface area contributed by atoms with Gasteiger partial charge in [-0.3, -0.25) is 4.79 Å². The van der Waals surface area contributed by atoms with E-state index in [1.165, 1.54) is 0 Å². The molecule has 0 saturated carbocycles. The lowest BCUT2D eigenvalue weighted by molar-refractivity contribution is -0.125. The lowest BCUT2D eigenvalue weighted by Gasteiger charge is -2.19. The van der Waals surface area contributed by atoms with E-state index < -0.39 is 0 Å². The van der Waals surface area contributed by atoms with Crippen LogP contribution in [0.2, 0.25) is 10.0 Å². The number of carbonyl (C=O) groups is 1. The van der Waals surface area contributed by atoms with E-state index in [0.717, 1.165) is 5.56 Å². The number of benzene rings is 1. The summed E-state index contributed by atoms with van der Waals surface area (Å²) in [6, 6.07) is 3.35. The zero-order chi connectivity index (χ0) is 13.9. The molecular weight excluding hydrogens is 273 g/mol. The van der Waals surface area contributed by atoms with Crippen molar-refractivity contribution in [2.24, 2.45) is 0 Å². The molecule has 0 aliphatic carbocycles. The van der Waals surface area contributed by atoms with E-state index >= 15 is 0 Å². The Balaban J connectivity index is 2.68. The normalized spacial score (nSPS) is 11.4. The van der Waals surface area contributed by atoms with Gasteiger partial charge in [0.1, 0.15) is 6.61 Å². The number of ether oxygens (including phenoxy) is 1. The van der Waals surface area contributed by atoms with Gasteiger partial charge in [-0.2, -0.15) is 0 Å². The van der Waals surface area contributed by atoms with Gasteiger partial charge in [-0.1, -0.05) is 23.2 Å². The quantitative estimate of drug-likeness (QED) is 0.911. The number of anilines is 1. The van der Waals surface area contributed by atoms with Crippen LogP contribution in [0.15, 0.2) is 12.1 Å². The molecule has 1 aromatic rings. The summed E-state index contributed by atoms with van der Waals surface area (Å²) in [6.07, 6.45) is 0.